The van der Waals surface area contributed by atoms with Crippen molar-refractivity contribution in [1.82, 2.24) is 0 Å². The van der Waals surface area contributed by atoms with E-state index in [-0.39, 0.29) is 5.69 Å². The Morgan fingerprint density at radius 1 is 0.889 bits per heavy atom. The fourth-order valence-electron chi connectivity index (χ4n) is 2.74. The Labute approximate surface area is 153 Å². The van der Waals surface area contributed by atoms with Gasteiger partial charge in [0.15, 0.2) is 18.9 Å². The van der Waals surface area contributed by atoms with E-state index in [9.17, 15) is 23.3 Å². The number of pyridine rings is 1. The summed E-state index contributed by atoms with van der Waals surface area (Å²) in [4.78, 5) is 10.2. The summed E-state index contributed by atoms with van der Waals surface area (Å²) in [5, 5.41) is 10.7. The molecule has 138 valence electrons. The number of nitro benzene ring substituents is 1. The largest absolute Gasteiger partial charge is 0.416 e. The Balaban J connectivity index is 1.68. The molecule has 4 nitrogen and oxygen atoms in total. The molecule has 0 amide bonds. The average Bonchev–Trinajstić information content (AvgIpc) is 2.63. The molecule has 0 N–H and O–H groups in total. The highest BCUT2D eigenvalue weighted by Crippen LogP contribution is 2.29. The van der Waals surface area contributed by atoms with Crippen LogP contribution < -0.4 is 4.57 Å². The maximum atomic E-state index is 12.8. The van der Waals surface area contributed by atoms with Crippen LogP contribution in [0.1, 0.15) is 22.3 Å². The molecule has 0 unspecified atom stereocenters. The third-order valence-corrected chi connectivity index (χ3v) is 4.14. The first kappa shape index (κ1) is 18.6. The first-order chi connectivity index (χ1) is 12.8. The molecule has 3 rings (SSSR count). The lowest BCUT2D eigenvalue weighted by atomic mass is 10.1. The van der Waals surface area contributed by atoms with Crippen LogP contribution in [0.4, 0.5) is 18.9 Å². The number of alkyl halides is 3. The van der Waals surface area contributed by atoms with Crippen molar-refractivity contribution in [3.05, 3.63) is 105 Å². The number of nitrogens with zero attached hydrogens (tertiary/aromatic N) is 2. The van der Waals surface area contributed by atoms with Crippen LogP contribution in [0.3, 0.4) is 0 Å². The molecule has 3 aromatic rings. The van der Waals surface area contributed by atoms with Crippen LogP contribution in [-0.2, 0) is 19.1 Å². The number of halogens is 3. The predicted octanol–water partition coefficient (Wildman–Crippen LogP) is 4.54. The van der Waals surface area contributed by atoms with Crippen LogP contribution in [0.2, 0.25) is 0 Å². The number of non-ortho nitro benzene ring substituents is 1. The minimum absolute atomic E-state index is 0.0470. The molecule has 1 heterocycles. The SMILES string of the molecule is O=[N+]([O-])c1ccc(Cc2cc[n+](Cc3cccc(C(F)(F)F)c3)cc2)cc1. The lowest BCUT2D eigenvalue weighted by molar-refractivity contribution is -0.688. The second-order valence-corrected chi connectivity index (χ2v) is 6.18. The van der Waals surface area contributed by atoms with E-state index in [0.29, 0.717) is 18.5 Å². The van der Waals surface area contributed by atoms with Gasteiger partial charge in [-0.15, -0.1) is 0 Å². The maximum Gasteiger partial charge on any atom is 0.416 e. The van der Waals surface area contributed by atoms with Crippen LogP contribution in [-0.4, -0.2) is 4.92 Å². The Morgan fingerprint density at radius 3 is 2.11 bits per heavy atom. The van der Waals surface area contributed by atoms with E-state index in [0.717, 1.165) is 23.3 Å². The van der Waals surface area contributed by atoms with Gasteiger partial charge in [0.1, 0.15) is 0 Å². The normalized spacial score (nSPS) is 11.4. The van der Waals surface area contributed by atoms with Crippen molar-refractivity contribution >= 4 is 5.69 Å². The lowest BCUT2D eigenvalue weighted by Gasteiger charge is -2.07. The summed E-state index contributed by atoms with van der Waals surface area (Å²) >= 11 is 0. The zero-order valence-electron chi connectivity index (χ0n) is 14.2. The third kappa shape index (κ3) is 4.91. The van der Waals surface area contributed by atoms with Gasteiger partial charge in [-0.2, -0.15) is 13.2 Å². The first-order valence-corrected chi connectivity index (χ1v) is 8.19. The summed E-state index contributed by atoms with van der Waals surface area (Å²) in [5.41, 5.74) is 1.90. The summed E-state index contributed by atoms with van der Waals surface area (Å²) in [7, 11) is 0. The molecule has 0 saturated carbocycles. The number of rotatable bonds is 5. The van der Waals surface area contributed by atoms with Crippen molar-refractivity contribution in [1.29, 1.82) is 0 Å². The van der Waals surface area contributed by atoms with Crippen molar-refractivity contribution < 1.29 is 22.7 Å². The summed E-state index contributed by atoms with van der Waals surface area (Å²) in [6.07, 6.45) is -0.125. The van der Waals surface area contributed by atoms with Crippen molar-refractivity contribution in [2.24, 2.45) is 0 Å². The Kier molecular flexibility index (Phi) is 5.21. The van der Waals surface area contributed by atoms with E-state index in [2.05, 4.69) is 0 Å². The predicted molar refractivity (Wildman–Crippen MR) is 93.1 cm³/mol. The standard InChI is InChI=1S/C20H16F3N2O2/c21-20(22,23)18-3-1-2-17(13-18)14-24-10-8-16(9-11-24)12-15-4-6-19(7-5-15)25(26)27/h1-11,13H,12,14H2/q+1. The highest BCUT2D eigenvalue weighted by Gasteiger charge is 2.30. The molecule has 0 radical (unpaired) electrons. The number of benzene rings is 2. The minimum Gasteiger partial charge on any atom is -0.258 e. The van der Waals surface area contributed by atoms with Crippen molar-refractivity contribution in [2.45, 2.75) is 19.1 Å². The average molecular weight is 373 g/mol. The second kappa shape index (κ2) is 7.57. The zero-order valence-corrected chi connectivity index (χ0v) is 14.2. The Morgan fingerprint density at radius 2 is 1.52 bits per heavy atom. The molecule has 0 fully saturated rings. The second-order valence-electron chi connectivity index (χ2n) is 6.18. The molecular weight excluding hydrogens is 357 g/mol. The summed E-state index contributed by atoms with van der Waals surface area (Å²) < 4.78 is 40.2. The monoisotopic (exact) mass is 373 g/mol. The fraction of sp³-hybridized carbons (Fsp3) is 0.150. The van der Waals surface area contributed by atoms with Gasteiger partial charge in [-0.25, -0.2) is 4.57 Å². The van der Waals surface area contributed by atoms with E-state index in [1.165, 1.54) is 18.2 Å². The van der Waals surface area contributed by atoms with Crippen LogP contribution in [0.15, 0.2) is 73.1 Å². The molecule has 0 bridgehead atoms. The molecule has 2 aromatic carbocycles. The zero-order chi connectivity index (χ0) is 19.4. The van der Waals surface area contributed by atoms with Crippen molar-refractivity contribution in [3.8, 4) is 0 Å². The summed E-state index contributed by atoms with van der Waals surface area (Å²) in [5.74, 6) is 0. The van der Waals surface area contributed by atoms with Gasteiger partial charge in [-0.05, 0) is 29.7 Å². The van der Waals surface area contributed by atoms with Crippen LogP contribution in [0, 0.1) is 10.1 Å². The van der Waals surface area contributed by atoms with E-state index in [1.54, 1.807) is 35.2 Å². The smallest absolute Gasteiger partial charge is 0.258 e. The van der Waals surface area contributed by atoms with Crippen LogP contribution in [0.5, 0.6) is 0 Å². The third-order valence-electron chi connectivity index (χ3n) is 4.14. The highest BCUT2D eigenvalue weighted by atomic mass is 19.4. The molecule has 0 aliphatic heterocycles. The fourth-order valence-corrected chi connectivity index (χ4v) is 2.74. The van der Waals surface area contributed by atoms with Crippen LogP contribution >= 0.6 is 0 Å². The van der Waals surface area contributed by atoms with E-state index in [1.807, 2.05) is 12.1 Å². The van der Waals surface area contributed by atoms with Gasteiger partial charge in [0, 0.05) is 29.8 Å². The first-order valence-electron chi connectivity index (χ1n) is 8.19. The maximum absolute atomic E-state index is 12.8. The molecule has 0 aliphatic carbocycles. The van der Waals surface area contributed by atoms with E-state index < -0.39 is 16.7 Å². The number of aromatic nitrogens is 1. The number of hydrogen-bond donors (Lipinski definition) is 0. The number of nitro groups is 1. The number of hydrogen-bond acceptors (Lipinski definition) is 2. The van der Waals surface area contributed by atoms with Crippen molar-refractivity contribution in [2.75, 3.05) is 0 Å². The molecular formula is C20H16F3N2O2+. The Hall–Kier alpha value is -3.22. The van der Waals surface area contributed by atoms with Gasteiger partial charge in [-0.3, -0.25) is 10.1 Å². The lowest BCUT2D eigenvalue weighted by Crippen LogP contribution is -2.33. The minimum atomic E-state index is -4.35. The van der Waals surface area contributed by atoms with Gasteiger partial charge in [0.25, 0.3) is 5.69 Å². The quantitative estimate of drug-likeness (QED) is 0.374. The summed E-state index contributed by atoms with van der Waals surface area (Å²) in [6.45, 7) is 0.335. The highest BCUT2D eigenvalue weighted by molar-refractivity contribution is 5.35. The van der Waals surface area contributed by atoms with E-state index >= 15 is 0 Å². The molecule has 0 atom stereocenters. The van der Waals surface area contributed by atoms with Crippen LogP contribution in [0.25, 0.3) is 0 Å². The summed E-state index contributed by atoms with van der Waals surface area (Å²) in [6, 6.07) is 15.4. The van der Waals surface area contributed by atoms with Gasteiger partial charge < -0.3 is 0 Å². The van der Waals surface area contributed by atoms with Gasteiger partial charge in [0.05, 0.1) is 10.5 Å². The van der Waals surface area contributed by atoms with E-state index in [4.69, 9.17) is 0 Å². The molecule has 1 aromatic heterocycles. The molecule has 27 heavy (non-hydrogen) atoms. The molecule has 7 heteroatoms. The van der Waals surface area contributed by atoms with Gasteiger partial charge >= 0.3 is 6.18 Å². The topological polar surface area (TPSA) is 47.0 Å². The molecule has 0 spiro atoms. The van der Waals surface area contributed by atoms with Gasteiger partial charge in [-0.1, -0.05) is 24.3 Å². The van der Waals surface area contributed by atoms with Gasteiger partial charge in [0.2, 0.25) is 0 Å². The van der Waals surface area contributed by atoms with Crippen molar-refractivity contribution in [3.63, 3.8) is 0 Å². The Bertz CT molecular complexity index is 937. The molecule has 0 saturated heterocycles. The molecule has 0 aliphatic rings.